The van der Waals surface area contributed by atoms with Gasteiger partial charge in [0.1, 0.15) is 5.75 Å². The van der Waals surface area contributed by atoms with E-state index in [1.54, 1.807) is 36.2 Å². The summed E-state index contributed by atoms with van der Waals surface area (Å²) in [6.07, 6.45) is 3.25. The quantitative estimate of drug-likeness (QED) is 0.753. The minimum Gasteiger partial charge on any atom is -0.484 e. The van der Waals surface area contributed by atoms with Crippen molar-refractivity contribution in [2.24, 2.45) is 0 Å². The molecule has 2 amide bonds. The molecule has 1 aliphatic rings. The van der Waals surface area contributed by atoms with Gasteiger partial charge >= 0.3 is 0 Å². The number of anilines is 1. The van der Waals surface area contributed by atoms with Crippen LogP contribution in [0, 0.1) is 6.92 Å². The number of likely N-dealkylation sites (tertiary alicyclic amines) is 1. The van der Waals surface area contributed by atoms with Crippen LogP contribution in [-0.4, -0.2) is 42.5 Å². The van der Waals surface area contributed by atoms with E-state index >= 15 is 0 Å². The van der Waals surface area contributed by atoms with Gasteiger partial charge in [-0.15, -0.1) is 0 Å². The van der Waals surface area contributed by atoms with Crippen molar-refractivity contribution in [2.75, 3.05) is 18.6 Å². The van der Waals surface area contributed by atoms with E-state index in [1.807, 2.05) is 36.1 Å². The van der Waals surface area contributed by atoms with E-state index in [-0.39, 0.29) is 30.5 Å². The average Bonchev–Trinajstić information content (AvgIpc) is 2.72. The summed E-state index contributed by atoms with van der Waals surface area (Å²) in [6.45, 7) is 6.23. The highest BCUT2D eigenvalue weighted by molar-refractivity contribution is 6.05. The summed E-state index contributed by atoms with van der Waals surface area (Å²) in [5.41, 5.74) is 2.57. The van der Waals surface area contributed by atoms with Gasteiger partial charge in [0.05, 0.1) is 0 Å². The molecular formula is C24H30N2O3. The monoisotopic (exact) mass is 394 g/mol. The summed E-state index contributed by atoms with van der Waals surface area (Å²) in [4.78, 5) is 28.9. The molecule has 0 unspecified atom stereocenters. The number of piperidine rings is 1. The molecule has 29 heavy (non-hydrogen) atoms. The van der Waals surface area contributed by atoms with E-state index in [0.29, 0.717) is 11.3 Å². The summed E-state index contributed by atoms with van der Waals surface area (Å²) in [5.74, 6) is 0.515. The number of aryl methyl sites for hydroxylation is 1. The van der Waals surface area contributed by atoms with Crippen molar-refractivity contribution in [2.45, 2.75) is 52.1 Å². The van der Waals surface area contributed by atoms with E-state index < -0.39 is 0 Å². The molecule has 0 N–H and O–H groups in total. The van der Waals surface area contributed by atoms with Crippen LogP contribution in [0.4, 0.5) is 5.69 Å². The van der Waals surface area contributed by atoms with E-state index in [9.17, 15) is 9.59 Å². The maximum atomic E-state index is 12.7. The Morgan fingerprint density at radius 3 is 2.17 bits per heavy atom. The van der Waals surface area contributed by atoms with Crippen LogP contribution in [0.5, 0.6) is 5.75 Å². The van der Waals surface area contributed by atoms with Crippen LogP contribution in [-0.2, 0) is 4.79 Å². The Morgan fingerprint density at radius 2 is 1.59 bits per heavy atom. The Bertz CT molecular complexity index is 835. The minimum atomic E-state index is -0.0903. The van der Waals surface area contributed by atoms with Gasteiger partial charge in [-0.3, -0.25) is 9.59 Å². The molecule has 0 saturated carbocycles. The van der Waals surface area contributed by atoms with Crippen molar-refractivity contribution in [1.82, 2.24) is 4.90 Å². The van der Waals surface area contributed by atoms with E-state index in [4.69, 9.17) is 4.74 Å². The summed E-state index contributed by atoms with van der Waals surface area (Å²) >= 11 is 0. The number of rotatable bonds is 5. The topological polar surface area (TPSA) is 49.9 Å². The summed E-state index contributed by atoms with van der Waals surface area (Å²) in [5, 5.41) is 0. The highest BCUT2D eigenvalue weighted by Gasteiger charge is 2.29. The van der Waals surface area contributed by atoms with Crippen molar-refractivity contribution in [3.63, 3.8) is 0 Å². The van der Waals surface area contributed by atoms with Crippen molar-refractivity contribution in [3.05, 3.63) is 59.7 Å². The van der Waals surface area contributed by atoms with Gasteiger partial charge in [-0.25, -0.2) is 0 Å². The van der Waals surface area contributed by atoms with Gasteiger partial charge < -0.3 is 14.5 Å². The largest absolute Gasteiger partial charge is 0.484 e. The Morgan fingerprint density at radius 1 is 1.00 bits per heavy atom. The molecule has 0 radical (unpaired) electrons. The summed E-state index contributed by atoms with van der Waals surface area (Å²) in [6, 6.07) is 15.3. The van der Waals surface area contributed by atoms with Gasteiger partial charge in [0, 0.05) is 30.4 Å². The van der Waals surface area contributed by atoms with Crippen LogP contribution in [0.15, 0.2) is 48.5 Å². The fourth-order valence-electron chi connectivity index (χ4n) is 3.91. The zero-order valence-electron chi connectivity index (χ0n) is 17.7. The first-order valence-corrected chi connectivity index (χ1v) is 10.3. The summed E-state index contributed by atoms with van der Waals surface area (Å²) < 4.78 is 5.69. The van der Waals surface area contributed by atoms with Gasteiger partial charge in [0.15, 0.2) is 6.61 Å². The number of carbonyl (C=O) groups excluding carboxylic acids is 2. The van der Waals surface area contributed by atoms with Crippen molar-refractivity contribution in [3.8, 4) is 5.75 Å². The lowest BCUT2D eigenvalue weighted by molar-refractivity contribution is -0.139. The van der Waals surface area contributed by atoms with E-state index in [1.165, 1.54) is 6.42 Å². The number of benzene rings is 2. The molecule has 1 saturated heterocycles. The number of hydrogen-bond acceptors (Lipinski definition) is 3. The van der Waals surface area contributed by atoms with Crippen LogP contribution in [0.1, 0.15) is 49.0 Å². The smallest absolute Gasteiger partial charge is 0.260 e. The fraction of sp³-hybridized carbons (Fsp3) is 0.417. The van der Waals surface area contributed by atoms with Crippen LogP contribution in [0.25, 0.3) is 0 Å². The highest BCUT2D eigenvalue weighted by atomic mass is 16.5. The second-order valence-electron chi connectivity index (χ2n) is 7.94. The predicted octanol–water partition coefficient (Wildman–Crippen LogP) is 4.44. The van der Waals surface area contributed by atoms with Crippen LogP contribution in [0.3, 0.4) is 0 Å². The number of carbonyl (C=O) groups is 2. The minimum absolute atomic E-state index is 0.0176. The molecule has 5 nitrogen and oxygen atoms in total. The molecule has 2 aromatic carbocycles. The van der Waals surface area contributed by atoms with Crippen molar-refractivity contribution >= 4 is 17.5 Å². The first kappa shape index (κ1) is 20.9. The molecule has 0 aromatic heterocycles. The zero-order chi connectivity index (χ0) is 21.0. The molecule has 5 heteroatoms. The third-order valence-electron chi connectivity index (χ3n) is 5.67. The maximum Gasteiger partial charge on any atom is 0.260 e. The molecule has 0 aliphatic carbocycles. The zero-order valence-corrected chi connectivity index (χ0v) is 17.7. The molecule has 1 fully saturated rings. The Hall–Kier alpha value is -2.82. The lowest BCUT2D eigenvalue weighted by atomic mass is 9.97. The molecule has 154 valence electrons. The number of amides is 2. The molecule has 2 aromatic rings. The molecule has 0 bridgehead atoms. The maximum absolute atomic E-state index is 12.7. The van der Waals surface area contributed by atoms with E-state index in [2.05, 4.69) is 13.8 Å². The fourth-order valence-corrected chi connectivity index (χ4v) is 3.91. The van der Waals surface area contributed by atoms with Gasteiger partial charge in [-0.1, -0.05) is 17.7 Å². The summed E-state index contributed by atoms with van der Waals surface area (Å²) in [7, 11) is 1.76. The molecule has 1 aliphatic heterocycles. The first-order chi connectivity index (χ1) is 13.9. The van der Waals surface area contributed by atoms with Gasteiger partial charge in [-0.05, 0) is 76.4 Å². The first-order valence-electron chi connectivity index (χ1n) is 10.3. The SMILES string of the molecule is Cc1ccc(N(C)C(=O)c2ccc(OCC(=O)N3[C@H](C)CCC[C@H]3C)cc2)cc1. The number of hydrogen-bond donors (Lipinski definition) is 0. The third-order valence-corrected chi connectivity index (χ3v) is 5.67. The highest BCUT2D eigenvalue weighted by Crippen LogP contribution is 2.23. The van der Waals surface area contributed by atoms with E-state index in [0.717, 1.165) is 24.1 Å². The van der Waals surface area contributed by atoms with Gasteiger partial charge in [0.2, 0.25) is 0 Å². The number of ether oxygens (including phenoxy) is 1. The Labute approximate surface area is 173 Å². The van der Waals surface area contributed by atoms with Crippen LogP contribution in [0.2, 0.25) is 0 Å². The van der Waals surface area contributed by atoms with Crippen LogP contribution < -0.4 is 9.64 Å². The van der Waals surface area contributed by atoms with Crippen molar-refractivity contribution < 1.29 is 14.3 Å². The molecule has 1 heterocycles. The van der Waals surface area contributed by atoms with Gasteiger partial charge in [0.25, 0.3) is 11.8 Å². The molecular weight excluding hydrogens is 364 g/mol. The normalized spacial score (nSPS) is 19.0. The Kier molecular flexibility index (Phi) is 6.57. The standard InChI is InChI=1S/C24H30N2O3/c1-17-8-12-21(13-9-17)25(4)24(28)20-10-14-22(15-11-20)29-16-23(27)26-18(2)6-5-7-19(26)3/h8-15,18-19H,5-7,16H2,1-4H3/t18-,19-/m1/s1. The number of nitrogens with zero attached hydrogens (tertiary/aromatic N) is 2. The van der Waals surface area contributed by atoms with Crippen LogP contribution >= 0.6 is 0 Å². The Balaban J connectivity index is 1.59. The lowest BCUT2D eigenvalue weighted by Crippen LogP contribution is -2.49. The third kappa shape index (κ3) is 4.97. The lowest BCUT2D eigenvalue weighted by Gasteiger charge is -2.38. The predicted molar refractivity (Wildman–Crippen MR) is 115 cm³/mol. The molecule has 2 atom stereocenters. The average molecular weight is 395 g/mol. The second kappa shape index (κ2) is 9.12. The van der Waals surface area contributed by atoms with Crippen molar-refractivity contribution in [1.29, 1.82) is 0 Å². The second-order valence-corrected chi connectivity index (χ2v) is 7.94. The molecule has 3 rings (SSSR count). The van der Waals surface area contributed by atoms with Gasteiger partial charge in [-0.2, -0.15) is 0 Å². The molecule has 0 spiro atoms.